The molecular formula is C26H30N2O4. The number of ketones is 2. The zero-order valence-corrected chi connectivity index (χ0v) is 18.3. The first-order valence-corrected chi connectivity index (χ1v) is 11.4. The largest absolute Gasteiger partial charge is 0.382 e. The Morgan fingerprint density at radius 3 is 2.34 bits per heavy atom. The molecule has 0 atom stereocenters. The van der Waals surface area contributed by atoms with E-state index in [4.69, 9.17) is 5.73 Å². The lowest BCUT2D eigenvalue weighted by Gasteiger charge is -2.34. The van der Waals surface area contributed by atoms with Crippen LogP contribution in [0.1, 0.15) is 65.1 Å². The fourth-order valence-electron chi connectivity index (χ4n) is 4.65. The van der Waals surface area contributed by atoms with Crippen LogP contribution in [0.5, 0.6) is 0 Å². The molecule has 2 aromatic rings. The van der Waals surface area contributed by atoms with E-state index in [9.17, 15) is 19.5 Å². The molecule has 0 aromatic heterocycles. The predicted molar refractivity (Wildman–Crippen MR) is 121 cm³/mol. The molecule has 6 nitrogen and oxygen atoms in total. The van der Waals surface area contributed by atoms with Crippen molar-refractivity contribution in [3.8, 4) is 0 Å². The van der Waals surface area contributed by atoms with E-state index in [2.05, 4.69) is 12.1 Å². The van der Waals surface area contributed by atoms with Gasteiger partial charge in [0.1, 0.15) is 5.60 Å². The minimum absolute atomic E-state index is 0.0580. The van der Waals surface area contributed by atoms with E-state index < -0.39 is 17.2 Å². The highest BCUT2D eigenvalue weighted by Crippen LogP contribution is 2.33. The van der Waals surface area contributed by atoms with Crippen molar-refractivity contribution in [1.82, 2.24) is 4.90 Å². The maximum atomic E-state index is 13.0. The van der Waals surface area contributed by atoms with Crippen LogP contribution in [-0.4, -0.2) is 46.2 Å². The Morgan fingerprint density at radius 1 is 1.00 bits per heavy atom. The van der Waals surface area contributed by atoms with Gasteiger partial charge < -0.3 is 15.7 Å². The molecule has 0 unspecified atom stereocenters. The molecule has 1 saturated carbocycles. The topological polar surface area (TPSA) is 101 Å². The van der Waals surface area contributed by atoms with Crippen LogP contribution in [-0.2, 0) is 22.6 Å². The number of amides is 1. The molecule has 4 rings (SSSR count). The first-order chi connectivity index (χ1) is 15.4. The second-order valence-corrected chi connectivity index (χ2v) is 9.03. The number of carbonyl (C=O) groups excluding carboxylic acids is 3. The van der Waals surface area contributed by atoms with Gasteiger partial charge in [-0.1, -0.05) is 36.4 Å². The summed E-state index contributed by atoms with van der Waals surface area (Å²) in [6.07, 6.45) is 3.15. The monoisotopic (exact) mass is 434 g/mol. The summed E-state index contributed by atoms with van der Waals surface area (Å²) in [6, 6.07) is 15.3. The third kappa shape index (κ3) is 4.66. The fourth-order valence-corrected chi connectivity index (χ4v) is 4.65. The third-order valence-electron chi connectivity index (χ3n) is 6.84. The lowest BCUT2D eigenvalue weighted by Crippen LogP contribution is -2.49. The minimum Gasteiger partial charge on any atom is -0.382 e. The SMILES string of the molecule is NCc1cccc(C2CCN(C(=O)c3cccc(CC(=O)C(=O)C4(O)CCC4)c3)CC2)c1. The summed E-state index contributed by atoms with van der Waals surface area (Å²) in [7, 11) is 0. The van der Waals surface area contributed by atoms with Crippen LogP contribution in [0.15, 0.2) is 48.5 Å². The summed E-state index contributed by atoms with van der Waals surface area (Å²) in [6.45, 7) is 1.87. The van der Waals surface area contributed by atoms with Crippen LogP contribution >= 0.6 is 0 Å². The van der Waals surface area contributed by atoms with Gasteiger partial charge in [0.2, 0.25) is 11.6 Å². The number of hydrogen-bond acceptors (Lipinski definition) is 5. The molecule has 6 heteroatoms. The van der Waals surface area contributed by atoms with E-state index >= 15 is 0 Å². The molecule has 1 aliphatic carbocycles. The molecule has 168 valence electrons. The second kappa shape index (κ2) is 9.35. The first kappa shape index (κ1) is 22.4. The Hall–Kier alpha value is -2.83. The lowest BCUT2D eigenvalue weighted by atomic mass is 9.75. The maximum absolute atomic E-state index is 13.0. The van der Waals surface area contributed by atoms with E-state index in [-0.39, 0.29) is 12.3 Å². The number of carbonyl (C=O) groups is 3. The van der Waals surface area contributed by atoms with Crippen LogP contribution in [0.3, 0.4) is 0 Å². The number of Topliss-reactive ketones (excluding diaryl/α,β-unsaturated/α-hetero) is 2. The van der Waals surface area contributed by atoms with Crippen molar-refractivity contribution in [3.05, 3.63) is 70.8 Å². The molecule has 32 heavy (non-hydrogen) atoms. The zero-order chi connectivity index (χ0) is 22.7. The standard InChI is InChI=1S/C26H30N2O4/c27-17-19-5-2-6-21(15-19)20-8-12-28(13-9-20)25(31)22-7-1-4-18(14-22)16-23(29)24(30)26(32)10-3-11-26/h1-2,4-7,14-15,20,32H,3,8-13,16-17,27H2. The average molecular weight is 435 g/mol. The number of nitrogens with zero attached hydrogens (tertiary/aromatic N) is 1. The highest BCUT2D eigenvalue weighted by atomic mass is 16.3. The Labute approximate surface area is 188 Å². The van der Waals surface area contributed by atoms with Crippen molar-refractivity contribution < 1.29 is 19.5 Å². The third-order valence-corrected chi connectivity index (χ3v) is 6.84. The lowest BCUT2D eigenvalue weighted by molar-refractivity contribution is -0.154. The predicted octanol–water partition coefficient (Wildman–Crippen LogP) is 2.76. The molecule has 0 radical (unpaired) electrons. The van der Waals surface area contributed by atoms with Gasteiger partial charge in [-0.15, -0.1) is 0 Å². The summed E-state index contributed by atoms with van der Waals surface area (Å²) >= 11 is 0. The first-order valence-electron chi connectivity index (χ1n) is 11.4. The van der Waals surface area contributed by atoms with Crippen LogP contribution in [0.2, 0.25) is 0 Å². The molecule has 1 saturated heterocycles. The molecule has 1 heterocycles. The Morgan fingerprint density at radius 2 is 1.69 bits per heavy atom. The summed E-state index contributed by atoms with van der Waals surface area (Å²) in [4.78, 5) is 39.5. The second-order valence-electron chi connectivity index (χ2n) is 9.03. The summed E-state index contributed by atoms with van der Waals surface area (Å²) in [5.74, 6) is -0.950. The summed E-state index contributed by atoms with van der Waals surface area (Å²) in [5.41, 5.74) is 7.82. The number of benzene rings is 2. The van der Waals surface area contributed by atoms with Gasteiger partial charge in [0, 0.05) is 31.6 Å². The number of rotatable bonds is 7. The molecule has 1 aliphatic heterocycles. The van der Waals surface area contributed by atoms with Crippen molar-refractivity contribution in [1.29, 1.82) is 0 Å². The van der Waals surface area contributed by atoms with Gasteiger partial charge in [-0.25, -0.2) is 0 Å². The Balaban J connectivity index is 1.37. The Kier molecular flexibility index (Phi) is 6.53. The van der Waals surface area contributed by atoms with Crippen molar-refractivity contribution in [2.75, 3.05) is 13.1 Å². The van der Waals surface area contributed by atoms with E-state index in [1.54, 1.807) is 24.3 Å². The van der Waals surface area contributed by atoms with E-state index in [1.165, 1.54) is 5.56 Å². The molecule has 2 aliphatic rings. The maximum Gasteiger partial charge on any atom is 0.253 e. The molecule has 2 aromatic carbocycles. The van der Waals surface area contributed by atoms with E-state index in [0.717, 1.165) is 24.8 Å². The van der Waals surface area contributed by atoms with Gasteiger partial charge in [-0.05, 0) is 66.8 Å². The van der Waals surface area contributed by atoms with E-state index in [1.807, 2.05) is 17.0 Å². The number of nitrogens with two attached hydrogens (primary N) is 1. The number of piperidine rings is 1. The smallest absolute Gasteiger partial charge is 0.253 e. The summed E-state index contributed by atoms with van der Waals surface area (Å²) in [5, 5.41) is 10.1. The van der Waals surface area contributed by atoms with Gasteiger partial charge in [0.05, 0.1) is 0 Å². The quantitative estimate of drug-likeness (QED) is 0.653. The van der Waals surface area contributed by atoms with Gasteiger partial charge in [-0.3, -0.25) is 14.4 Å². The zero-order valence-electron chi connectivity index (χ0n) is 18.3. The van der Waals surface area contributed by atoms with Crippen LogP contribution in [0.25, 0.3) is 0 Å². The van der Waals surface area contributed by atoms with Gasteiger partial charge in [-0.2, -0.15) is 0 Å². The van der Waals surface area contributed by atoms with Gasteiger partial charge in [0.25, 0.3) is 5.91 Å². The summed E-state index contributed by atoms with van der Waals surface area (Å²) < 4.78 is 0. The molecule has 1 amide bonds. The Bertz CT molecular complexity index is 1020. The highest BCUT2D eigenvalue weighted by Gasteiger charge is 2.44. The number of aliphatic hydroxyl groups is 1. The molecule has 3 N–H and O–H groups in total. The van der Waals surface area contributed by atoms with E-state index in [0.29, 0.717) is 49.5 Å². The van der Waals surface area contributed by atoms with Crippen LogP contribution in [0.4, 0.5) is 0 Å². The van der Waals surface area contributed by atoms with Crippen molar-refractivity contribution in [3.63, 3.8) is 0 Å². The normalized spacial score (nSPS) is 18.1. The molecule has 0 spiro atoms. The van der Waals surface area contributed by atoms with Crippen molar-refractivity contribution in [2.24, 2.45) is 5.73 Å². The minimum atomic E-state index is -1.47. The average Bonchev–Trinajstić information content (AvgIpc) is 2.81. The molecular weight excluding hydrogens is 404 g/mol. The number of likely N-dealkylation sites (tertiary alicyclic amines) is 1. The van der Waals surface area contributed by atoms with Gasteiger partial charge in [0.15, 0.2) is 0 Å². The molecule has 2 fully saturated rings. The highest BCUT2D eigenvalue weighted by molar-refractivity contribution is 6.40. The molecule has 0 bridgehead atoms. The van der Waals surface area contributed by atoms with Gasteiger partial charge >= 0.3 is 0 Å². The van der Waals surface area contributed by atoms with Crippen LogP contribution in [0, 0.1) is 0 Å². The van der Waals surface area contributed by atoms with Crippen molar-refractivity contribution in [2.45, 2.75) is 56.6 Å². The van der Waals surface area contributed by atoms with Crippen molar-refractivity contribution >= 4 is 17.5 Å². The fraction of sp³-hybridized carbons (Fsp3) is 0.423. The van der Waals surface area contributed by atoms with Crippen LogP contribution < -0.4 is 5.73 Å². The number of hydrogen-bond donors (Lipinski definition) is 2.